The van der Waals surface area contributed by atoms with Crippen molar-refractivity contribution < 1.29 is 9.50 Å². The second kappa shape index (κ2) is 3.07. The summed E-state index contributed by atoms with van der Waals surface area (Å²) in [6, 6.07) is 0.388. The normalized spacial score (nSPS) is 33.5. The lowest BCUT2D eigenvalue weighted by Gasteiger charge is -2.21. The molecule has 0 amide bonds. The van der Waals surface area contributed by atoms with E-state index in [9.17, 15) is 4.39 Å². The SMILES string of the molecule is CC(C)N1CCC(F)(CO)C1. The van der Waals surface area contributed by atoms with Gasteiger partial charge in [-0.1, -0.05) is 0 Å². The van der Waals surface area contributed by atoms with Crippen LogP contribution < -0.4 is 0 Å². The molecule has 2 nitrogen and oxygen atoms in total. The van der Waals surface area contributed by atoms with Gasteiger partial charge in [0, 0.05) is 19.1 Å². The van der Waals surface area contributed by atoms with Gasteiger partial charge in [0.2, 0.25) is 0 Å². The Morgan fingerprint density at radius 2 is 2.27 bits per heavy atom. The second-order valence-electron chi connectivity index (χ2n) is 3.62. The van der Waals surface area contributed by atoms with Gasteiger partial charge in [-0.25, -0.2) is 4.39 Å². The Balaban J connectivity index is 2.46. The molecule has 0 spiro atoms. The number of halogens is 1. The molecule has 0 bridgehead atoms. The molecule has 1 heterocycles. The predicted octanol–water partition coefficient (Wildman–Crippen LogP) is 0.801. The van der Waals surface area contributed by atoms with Crippen LogP contribution >= 0.6 is 0 Å². The van der Waals surface area contributed by atoms with Crippen LogP contribution in [0.3, 0.4) is 0 Å². The number of aliphatic hydroxyl groups is 1. The van der Waals surface area contributed by atoms with E-state index in [1.165, 1.54) is 0 Å². The summed E-state index contributed by atoms with van der Waals surface area (Å²) in [6.45, 7) is 4.92. The van der Waals surface area contributed by atoms with E-state index < -0.39 is 5.67 Å². The van der Waals surface area contributed by atoms with Crippen LogP contribution in [-0.2, 0) is 0 Å². The minimum atomic E-state index is -1.33. The molecule has 1 aliphatic rings. The fourth-order valence-corrected chi connectivity index (χ4v) is 1.44. The van der Waals surface area contributed by atoms with Crippen molar-refractivity contribution in [3.63, 3.8) is 0 Å². The molecule has 0 saturated carbocycles. The first kappa shape index (κ1) is 8.94. The minimum absolute atomic E-state index is 0.337. The summed E-state index contributed by atoms with van der Waals surface area (Å²) in [6.07, 6.45) is 0.474. The molecule has 3 heteroatoms. The number of rotatable bonds is 2. The highest BCUT2D eigenvalue weighted by Crippen LogP contribution is 2.25. The van der Waals surface area contributed by atoms with E-state index >= 15 is 0 Å². The zero-order valence-corrected chi connectivity index (χ0v) is 7.18. The van der Waals surface area contributed by atoms with Gasteiger partial charge in [-0.2, -0.15) is 0 Å². The molecular formula is C8H16FNO. The lowest BCUT2D eigenvalue weighted by atomic mass is 10.1. The van der Waals surface area contributed by atoms with E-state index in [0.717, 1.165) is 6.54 Å². The minimum Gasteiger partial charge on any atom is -0.393 e. The number of aliphatic hydroxyl groups excluding tert-OH is 1. The molecule has 1 unspecified atom stereocenters. The highest BCUT2D eigenvalue weighted by Gasteiger charge is 2.38. The number of nitrogens with zero attached hydrogens (tertiary/aromatic N) is 1. The van der Waals surface area contributed by atoms with Gasteiger partial charge in [0.1, 0.15) is 5.67 Å². The van der Waals surface area contributed by atoms with Crippen LogP contribution in [0.2, 0.25) is 0 Å². The van der Waals surface area contributed by atoms with Crippen LogP contribution in [0.5, 0.6) is 0 Å². The molecule has 0 aliphatic carbocycles. The first-order valence-electron chi connectivity index (χ1n) is 4.11. The first-order chi connectivity index (χ1) is 5.07. The molecule has 1 saturated heterocycles. The molecule has 1 fully saturated rings. The smallest absolute Gasteiger partial charge is 0.147 e. The molecule has 0 radical (unpaired) electrons. The molecular weight excluding hydrogens is 145 g/mol. The Morgan fingerprint density at radius 3 is 2.55 bits per heavy atom. The van der Waals surface area contributed by atoms with Crippen LogP contribution in [0.4, 0.5) is 4.39 Å². The molecule has 0 aromatic rings. The number of likely N-dealkylation sites (tertiary alicyclic amines) is 1. The van der Waals surface area contributed by atoms with Crippen LogP contribution in [0.1, 0.15) is 20.3 Å². The Hall–Kier alpha value is -0.150. The summed E-state index contributed by atoms with van der Waals surface area (Å²) >= 11 is 0. The van der Waals surface area contributed by atoms with Crippen LogP contribution in [0.25, 0.3) is 0 Å². The van der Waals surface area contributed by atoms with Crippen LogP contribution in [0.15, 0.2) is 0 Å². The molecule has 11 heavy (non-hydrogen) atoms. The third-order valence-corrected chi connectivity index (χ3v) is 2.35. The molecule has 1 N–H and O–H groups in total. The van der Waals surface area contributed by atoms with Crippen molar-refractivity contribution in [1.29, 1.82) is 0 Å². The Labute approximate surface area is 67.0 Å². The van der Waals surface area contributed by atoms with E-state index in [4.69, 9.17) is 5.11 Å². The fraction of sp³-hybridized carbons (Fsp3) is 1.00. The highest BCUT2D eigenvalue weighted by molar-refractivity contribution is 4.90. The number of hydrogen-bond acceptors (Lipinski definition) is 2. The largest absolute Gasteiger partial charge is 0.393 e. The van der Waals surface area contributed by atoms with Crippen molar-refractivity contribution in [2.24, 2.45) is 0 Å². The van der Waals surface area contributed by atoms with Gasteiger partial charge >= 0.3 is 0 Å². The van der Waals surface area contributed by atoms with Crippen molar-refractivity contribution in [1.82, 2.24) is 4.90 Å². The summed E-state index contributed by atoms with van der Waals surface area (Å²) in [7, 11) is 0. The lowest BCUT2D eigenvalue weighted by Crippen LogP contribution is -2.35. The maximum atomic E-state index is 13.4. The first-order valence-corrected chi connectivity index (χ1v) is 4.11. The zero-order chi connectivity index (χ0) is 8.48. The predicted molar refractivity (Wildman–Crippen MR) is 42.3 cm³/mol. The van der Waals surface area contributed by atoms with Crippen molar-refractivity contribution in [2.75, 3.05) is 19.7 Å². The van der Waals surface area contributed by atoms with Crippen molar-refractivity contribution >= 4 is 0 Å². The summed E-state index contributed by atoms with van der Waals surface area (Å²) in [4.78, 5) is 2.05. The Morgan fingerprint density at radius 1 is 1.64 bits per heavy atom. The number of hydrogen-bond donors (Lipinski definition) is 1. The lowest BCUT2D eigenvalue weighted by molar-refractivity contribution is 0.0739. The summed E-state index contributed by atoms with van der Waals surface area (Å²) in [5.41, 5.74) is -1.33. The van der Waals surface area contributed by atoms with Crippen molar-refractivity contribution in [3.8, 4) is 0 Å². The average molecular weight is 161 g/mol. The van der Waals surface area contributed by atoms with E-state index in [1.807, 2.05) is 13.8 Å². The maximum absolute atomic E-state index is 13.4. The average Bonchev–Trinajstić information content (AvgIpc) is 2.33. The summed E-state index contributed by atoms with van der Waals surface area (Å²) in [5, 5.41) is 8.72. The number of alkyl halides is 1. The van der Waals surface area contributed by atoms with Gasteiger partial charge in [-0.05, 0) is 20.3 Å². The van der Waals surface area contributed by atoms with Crippen LogP contribution in [0, 0.1) is 0 Å². The van der Waals surface area contributed by atoms with Gasteiger partial charge in [-0.15, -0.1) is 0 Å². The molecule has 1 atom stereocenters. The van der Waals surface area contributed by atoms with E-state index in [-0.39, 0.29) is 6.61 Å². The molecule has 1 rings (SSSR count). The third kappa shape index (κ3) is 1.91. The molecule has 0 aromatic carbocycles. The van der Waals surface area contributed by atoms with Gasteiger partial charge < -0.3 is 5.11 Å². The monoisotopic (exact) mass is 161 g/mol. The Bertz CT molecular complexity index is 140. The van der Waals surface area contributed by atoms with Crippen molar-refractivity contribution in [2.45, 2.75) is 32.0 Å². The van der Waals surface area contributed by atoms with Crippen molar-refractivity contribution in [3.05, 3.63) is 0 Å². The molecule has 66 valence electrons. The quantitative estimate of drug-likeness (QED) is 0.647. The van der Waals surface area contributed by atoms with Gasteiger partial charge in [0.15, 0.2) is 0 Å². The summed E-state index contributed by atoms with van der Waals surface area (Å²) < 4.78 is 13.4. The molecule has 0 aromatic heterocycles. The maximum Gasteiger partial charge on any atom is 0.147 e. The topological polar surface area (TPSA) is 23.5 Å². The van der Waals surface area contributed by atoms with Gasteiger partial charge in [-0.3, -0.25) is 4.90 Å². The van der Waals surface area contributed by atoms with Crippen LogP contribution in [-0.4, -0.2) is 41.4 Å². The van der Waals surface area contributed by atoms with E-state index in [2.05, 4.69) is 4.90 Å². The van der Waals surface area contributed by atoms with E-state index in [0.29, 0.717) is 19.0 Å². The highest BCUT2D eigenvalue weighted by atomic mass is 19.1. The second-order valence-corrected chi connectivity index (χ2v) is 3.62. The molecule has 1 aliphatic heterocycles. The summed E-state index contributed by atoms with van der Waals surface area (Å²) in [5.74, 6) is 0. The van der Waals surface area contributed by atoms with Gasteiger partial charge in [0.05, 0.1) is 6.61 Å². The standard InChI is InChI=1S/C8H16FNO/c1-7(2)10-4-3-8(9,5-10)6-11/h7,11H,3-6H2,1-2H3. The van der Waals surface area contributed by atoms with Gasteiger partial charge in [0.25, 0.3) is 0 Å². The van der Waals surface area contributed by atoms with E-state index in [1.54, 1.807) is 0 Å². The Kier molecular flexibility index (Phi) is 2.50. The third-order valence-electron chi connectivity index (χ3n) is 2.35. The zero-order valence-electron chi connectivity index (χ0n) is 7.18. The fourth-order valence-electron chi connectivity index (χ4n) is 1.44.